The Labute approximate surface area is 140 Å². The Bertz CT molecular complexity index is 395. The molecule has 0 radical (unpaired) electrons. The van der Waals surface area contributed by atoms with E-state index in [1.165, 1.54) is 12.8 Å². The number of nitrogens with zero attached hydrogens (tertiary/aromatic N) is 1. The van der Waals surface area contributed by atoms with Crippen molar-refractivity contribution < 1.29 is 14.3 Å². The molecular weight excluding hydrogens is 292 g/mol. The Balaban J connectivity index is 1.69. The van der Waals surface area contributed by atoms with Crippen molar-refractivity contribution in [2.24, 2.45) is 17.8 Å². The van der Waals surface area contributed by atoms with Crippen molar-refractivity contribution in [2.45, 2.75) is 65.3 Å². The Hall–Kier alpha value is -1.26. The highest BCUT2D eigenvalue weighted by molar-refractivity contribution is 5.79. The van der Waals surface area contributed by atoms with Crippen molar-refractivity contribution in [3.63, 3.8) is 0 Å². The van der Waals surface area contributed by atoms with Crippen LogP contribution < -0.4 is 5.32 Å². The Morgan fingerprint density at radius 1 is 1.09 bits per heavy atom. The first-order chi connectivity index (χ1) is 11.0. The summed E-state index contributed by atoms with van der Waals surface area (Å²) < 4.78 is 5.26. The number of carbonyl (C=O) groups excluding carboxylic acids is 2. The van der Waals surface area contributed by atoms with Gasteiger partial charge in [-0.3, -0.25) is 4.79 Å². The molecule has 5 nitrogen and oxygen atoms in total. The van der Waals surface area contributed by atoms with Gasteiger partial charge in [0.05, 0.1) is 6.61 Å². The van der Waals surface area contributed by atoms with Gasteiger partial charge in [0, 0.05) is 25.0 Å². The van der Waals surface area contributed by atoms with E-state index in [-0.39, 0.29) is 17.9 Å². The van der Waals surface area contributed by atoms with Crippen LogP contribution in [0.15, 0.2) is 0 Å². The van der Waals surface area contributed by atoms with Gasteiger partial charge in [-0.2, -0.15) is 0 Å². The SMILES string of the molecule is CC(C)COC(=O)N1CCC(C(=O)NC2CCC(C)CC2)CC1. The third-order valence-corrected chi connectivity index (χ3v) is 5.03. The number of nitrogens with one attached hydrogen (secondary N) is 1. The first-order valence-corrected chi connectivity index (χ1v) is 9.17. The maximum Gasteiger partial charge on any atom is 0.409 e. The van der Waals surface area contributed by atoms with E-state index in [1.54, 1.807) is 4.90 Å². The Kier molecular flexibility index (Phi) is 6.72. The van der Waals surface area contributed by atoms with Crippen molar-refractivity contribution >= 4 is 12.0 Å². The van der Waals surface area contributed by atoms with E-state index in [2.05, 4.69) is 12.2 Å². The summed E-state index contributed by atoms with van der Waals surface area (Å²) >= 11 is 0. The van der Waals surface area contributed by atoms with Crippen LogP contribution in [0.5, 0.6) is 0 Å². The van der Waals surface area contributed by atoms with Gasteiger partial charge in [-0.05, 0) is 50.4 Å². The average molecular weight is 324 g/mol. The minimum Gasteiger partial charge on any atom is -0.449 e. The van der Waals surface area contributed by atoms with E-state index in [0.717, 1.165) is 31.6 Å². The quantitative estimate of drug-likeness (QED) is 0.864. The highest BCUT2D eigenvalue weighted by atomic mass is 16.6. The largest absolute Gasteiger partial charge is 0.449 e. The molecule has 0 aromatic rings. The molecule has 0 spiro atoms. The van der Waals surface area contributed by atoms with Gasteiger partial charge in [-0.25, -0.2) is 4.79 Å². The average Bonchev–Trinajstić information content (AvgIpc) is 2.55. The van der Waals surface area contributed by atoms with Crippen LogP contribution in [0.2, 0.25) is 0 Å². The Morgan fingerprint density at radius 2 is 1.70 bits per heavy atom. The van der Waals surface area contributed by atoms with E-state index >= 15 is 0 Å². The zero-order valence-corrected chi connectivity index (χ0v) is 14.8. The zero-order valence-electron chi connectivity index (χ0n) is 14.8. The third-order valence-electron chi connectivity index (χ3n) is 5.03. The molecule has 23 heavy (non-hydrogen) atoms. The van der Waals surface area contributed by atoms with Gasteiger partial charge < -0.3 is 15.0 Å². The zero-order chi connectivity index (χ0) is 16.8. The number of likely N-dealkylation sites (tertiary alicyclic amines) is 1. The van der Waals surface area contributed by atoms with Gasteiger partial charge in [-0.1, -0.05) is 20.8 Å². The van der Waals surface area contributed by atoms with E-state index < -0.39 is 0 Å². The summed E-state index contributed by atoms with van der Waals surface area (Å²) in [6.07, 6.45) is 5.88. The predicted octanol–water partition coefficient (Wildman–Crippen LogP) is 3.19. The maximum atomic E-state index is 12.4. The molecule has 0 aromatic carbocycles. The molecule has 0 aromatic heterocycles. The normalized spacial score (nSPS) is 26.2. The van der Waals surface area contributed by atoms with E-state index in [9.17, 15) is 9.59 Å². The van der Waals surface area contributed by atoms with Crippen LogP contribution in [0.3, 0.4) is 0 Å². The van der Waals surface area contributed by atoms with Gasteiger partial charge in [0.1, 0.15) is 0 Å². The summed E-state index contributed by atoms with van der Waals surface area (Å²) in [5, 5.41) is 3.22. The van der Waals surface area contributed by atoms with Gasteiger partial charge in [0.25, 0.3) is 0 Å². The van der Waals surface area contributed by atoms with E-state index in [0.29, 0.717) is 31.7 Å². The smallest absolute Gasteiger partial charge is 0.409 e. The molecule has 1 N–H and O–H groups in total. The standard InChI is InChI=1S/C18H32N2O3/c1-13(2)12-23-18(22)20-10-8-15(9-11-20)17(21)19-16-6-4-14(3)5-7-16/h13-16H,4-12H2,1-3H3,(H,19,21). The number of hydrogen-bond acceptors (Lipinski definition) is 3. The van der Waals surface area contributed by atoms with E-state index in [4.69, 9.17) is 4.74 Å². The topological polar surface area (TPSA) is 58.6 Å². The second kappa shape index (κ2) is 8.55. The summed E-state index contributed by atoms with van der Waals surface area (Å²) in [5.74, 6) is 1.37. The maximum absolute atomic E-state index is 12.4. The summed E-state index contributed by atoms with van der Waals surface area (Å²) in [4.78, 5) is 26.1. The lowest BCUT2D eigenvalue weighted by molar-refractivity contribution is -0.127. The molecule has 132 valence electrons. The first-order valence-electron chi connectivity index (χ1n) is 9.17. The fourth-order valence-electron chi connectivity index (χ4n) is 3.38. The number of ether oxygens (including phenoxy) is 1. The number of rotatable bonds is 4. The highest BCUT2D eigenvalue weighted by Gasteiger charge is 2.29. The molecule has 1 saturated heterocycles. The Morgan fingerprint density at radius 3 is 2.26 bits per heavy atom. The molecule has 1 aliphatic carbocycles. The number of hydrogen-bond donors (Lipinski definition) is 1. The monoisotopic (exact) mass is 324 g/mol. The van der Waals surface area contributed by atoms with Crippen LogP contribution in [0, 0.1) is 17.8 Å². The van der Waals surface area contributed by atoms with Crippen LogP contribution in [0.1, 0.15) is 59.3 Å². The number of amides is 2. The van der Waals surface area contributed by atoms with Gasteiger partial charge >= 0.3 is 6.09 Å². The molecule has 2 amide bonds. The lowest BCUT2D eigenvalue weighted by Gasteiger charge is -2.33. The van der Waals surface area contributed by atoms with Crippen molar-refractivity contribution in [3.05, 3.63) is 0 Å². The number of piperidine rings is 1. The van der Waals surface area contributed by atoms with Gasteiger partial charge in [0.2, 0.25) is 5.91 Å². The molecule has 1 saturated carbocycles. The van der Waals surface area contributed by atoms with Crippen molar-refractivity contribution in [1.29, 1.82) is 0 Å². The summed E-state index contributed by atoms with van der Waals surface area (Å²) in [7, 11) is 0. The molecule has 0 bridgehead atoms. The lowest BCUT2D eigenvalue weighted by atomic mass is 9.86. The van der Waals surface area contributed by atoms with Crippen LogP contribution in [-0.2, 0) is 9.53 Å². The van der Waals surface area contributed by atoms with Gasteiger partial charge in [0.15, 0.2) is 0 Å². The van der Waals surface area contributed by atoms with Crippen LogP contribution in [0.4, 0.5) is 4.79 Å². The summed E-state index contributed by atoms with van der Waals surface area (Å²) in [6.45, 7) is 8.03. The summed E-state index contributed by atoms with van der Waals surface area (Å²) in [5.41, 5.74) is 0. The molecule has 2 fully saturated rings. The molecule has 1 heterocycles. The van der Waals surface area contributed by atoms with Gasteiger partial charge in [-0.15, -0.1) is 0 Å². The molecule has 2 rings (SSSR count). The van der Waals surface area contributed by atoms with Crippen molar-refractivity contribution in [3.8, 4) is 0 Å². The minimum absolute atomic E-state index is 0.0449. The predicted molar refractivity (Wildman–Crippen MR) is 90.0 cm³/mol. The highest BCUT2D eigenvalue weighted by Crippen LogP contribution is 2.25. The third kappa shape index (κ3) is 5.70. The van der Waals surface area contributed by atoms with Crippen LogP contribution in [0.25, 0.3) is 0 Å². The minimum atomic E-state index is -0.237. The molecule has 0 atom stereocenters. The number of carbonyl (C=O) groups is 2. The second-order valence-electron chi connectivity index (χ2n) is 7.70. The molecule has 1 aliphatic heterocycles. The van der Waals surface area contributed by atoms with Crippen LogP contribution >= 0.6 is 0 Å². The molecule has 5 heteroatoms. The first kappa shape index (κ1) is 18.1. The fraction of sp³-hybridized carbons (Fsp3) is 0.889. The molecular formula is C18H32N2O3. The summed E-state index contributed by atoms with van der Waals surface area (Å²) in [6, 6.07) is 0.354. The van der Waals surface area contributed by atoms with E-state index in [1.807, 2.05) is 13.8 Å². The molecule has 0 unspecified atom stereocenters. The molecule has 2 aliphatic rings. The van der Waals surface area contributed by atoms with Crippen molar-refractivity contribution in [2.75, 3.05) is 19.7 Å². The fourth-order valence-corrected chi connectivity index (χ4v) is 3.38. The van der Waals surface area contributed by atoms with Crippen LogP contribution in [-0.4, -0.2) is 42.6 Å². The lowest BCUT2D eigenvalue weighted by Crippen LogP contribution is -2.46. The second-order valence-corrected chi connectivity index (χ2v) is 7.70. The van der Waals surface area contributed by atoms with Crippen molar-refractivity contribution in [1.82, 2.24) is 10.2 Å².